The molecular formula is C22H24F3N5O3. The SMILES string of the molecule is O=C(NCCCN1CCCC1=O)c1cc2n(n1)CCN(Cc1cccc(C(F)(F)F)c1)C2=O. The first-order valence-corrected chi connectivity index (χ1v) is 10.8. The number of likely N-dealkylation sites (tertiary alicyclic amines) is 1. The van der Waals surface area contributed by atoms with Crippen molar-refractivity contribution in [3.8, 4) is 0 Å². The van der Waals surface area contributed by atoms with Gasteiger partial charge in [-0.1, -0.05) is 12.1 Å². The lowest BCUT2D eigenvalue weighted by molar-refractivity contribution is -0.137. The summed E-state index contributed by atoms with van der Waals surface area (Å²) < 4.78 is 40.3. The Morgan fingerprint density at radius 3 is 2.64 bits per heavy atom. The minimum absolute atomic E-state index is 0.0324. The summed E-state index contributed by atoms with van der Waals surface area (Å²) in [4.78, 5) is 40.1. The molecule has 2 aliphatic rings. The van der Waals surface area contributed by atoms with Gasteiger partial charge in [0.1, 0.15) is 5.69 Å². The fraction of sp³-hybridized carbons (Fsp3) is 0.455. The van der Waals surface area contributed by atoms with Crippen molar-refractivity contribution in [1.29, 1.82) is 0 Å². The summed E-state index contributed by atoms with van der Waals surface area (Å²) >= 11 is 0. The van der Waals surface area contributed by atoms with Crippen LogP contribution in [0.3, 0.4) is 0 Å². The summed E-state index contributed by atoms with van der Waals surface area (Å²) in [6.07, 6.45) is -2.39. The van der Waals surface area contributed by atoms with Gasteiger partial charge in [0.05, 0.1) is 12.1 Å². The molecular weight excluding hydrogens is 439 g/mol. The van der Waals surface area contributed by atoms with Crippen molar-refractivity contribution in [3.05, 3.63) is 52.8 Å². The Kier molecular flexibility index (Phi) is 6.39. The van der Waals surface area contributed by atoms with E-state index in [9.17, 15) is 27.6 Å². The standard InChI is InChI=1S/C22H24F3N5O3/c23-22(24,25)16-5-1-4-15(12-16)14-29-10-11-30-18(21(29)33)13-17(27-30)20(32)26-7-3-9-28-8-2-6-19(28)31/h1,4-5,12-13H,2-3,6-11,14H2,(H,26,32). The Balaban J connectivity index is 1.34. The number of nitrogens with one attached hydrogen (secondary N) is 1. The van der Waals surface area contributed by atoms with Crippen LogP contribution in [0.15, 0.2) is 30.3 Å². The van der Waals surface area contributed by atoms with Crippen molar-refractivity contribution in [2.24, 2.45) is 0 Å². The van der Waals surface area contributed by atoms with Gasteiger partial charge in [0.25, 0.3) is 11.8 Å². The lowest BCUT2D eigenvalue weighted by Gasteiger charge is -2.27. The maximum absolute atomic E-state index is 13.0. The third kappa shape index (κ3) is 5.18. The number of rotatable bonds is 7. The molecule has 33 heavy (non-hydrogen) atoms. The van der Waals surface area contributed by atoms with E-state index in [0.29, 0.717) is 38.0 Å². The number of carbonyl (C=O) groups is 3. The number of carbonyl (C=O) groups excluding carboxylic acids is 3. The van der Waals surface area contributed by atoms with E-state index in [1.165, 1.54) is 21.7 Å². The molecule has 0 saturated carbocycles. The average Bonchev–Trinajstić information content (AvgIpc) is 3.39. The molecule has 2 aromatic rings. The smallest absolute Gasteiger partial charge is 0.351 e. The maximum Gasteiger partial charge on any atom is 0.416 e. The van der Waals surface area contributed by atoms with Crippen molar-refractivity contribution in [2.75, 3.05) is 26.2 Å². The van der Waals surface area contributed by atoms with Gasteiger partial charge in [0.2, 0.25) is 5.91 Å². The molecule has 1 saturated heterocycles. The summed E-state index contributed by atoms with van der Waals surface area (Å²) in [5, 5.41) is 6.95. The Hall–Kier alpha value is -3.37. The number of benzene rings is 1. The van der Waals surface area contributed by atoms with E-state index < -0.39 is 23.6 Å². The number of alkyl halides is 3. The molecule has 2 aliphatic heterocycles. The highest BCUT2D eigenvalue weighted by molar-refractivity contribution is 5.98. The van der Waals surface area contributed by atoms with Crippen molar-refractivity contribution in [1.82, 2.24) is 24.9 Å². The zero-order chi connectivity index (χ0) is 23.6. The topological polar surface area (TPSA) is 87.5 Å². The third-order valence-electron chi connectivity index (χ3n) is 5.79. The van der Waals surface area contributed by atoms with Gasteiger partial charge in [-0.25, -0.2) is 0 Å². The van der Waals surface area contributed by atoms with Gasteiger partial charge in [-0.15, -0.1) is 0 Å². The Bertz CT molecular complexity index is 1070. The summed E-state index contributed by atoms with van der Waals surface area (Å²) in [5.74, 6) is -0.670. The number of aromatic nitrogens is 2. The van der Waals surface area contributed by atoms with E-state index in [0.717, 1.165) is 25.1 Å². The van der Waals surface area contributed by atoms with Crippen LogP contribution in [0.5, 0.6) is 0 Å². The first-order chi connectivity index (χ1) is 15.7. The lowest BCUT2D eigenvalue weighted by Crippen LogP contribution is -2.39. The molecule has 3 heterocycles. The molecule has 3 amide bonds. The van der Waals surface area contributed by atoms with E-state index >= 15 is 0 Å². The molecule has 176 valence electrons. The molecule has 0 spiro atoms. The van der Waals surface area contributed by atoms with Crippen LogP contribution < -0.4 is 5.32 Å². The average molecular weight is 463 g/mol. The van der Waals surface area contributed by atoms with Crippen LogP contribution in [0.4, 0.5) is 13.2 Å². The van der Waals surface area contributed by atoms with Crippen LogP contribution in [0, 0.1) is 0 Å². The highest BCUT2D eigenvalue weighted by atomic mass is 19.4. The van der Waals surface area contributed by atoms with Crippen LogP contribution in [-0.2, 0) is 24.1 Å². The highest BCUT2D eigenvalue weighted by Crippen LogP contribution is 2.30. The molecule has 11 heteroatoms. The number of fused-ring (bicyclic) bond motifs is 1. The van der Waals surface area contributed by atoms with Gasteiger partial charge < -0.3 is 15.1 Å². The molecule has 4 rings (SSSR count). The first-order valence-electron chi connectivity index (χ1n) is 10.8. The van der Waals surface area contributed by atoms with E-state index in [4.69, 9.17) is 0 Å². The largest absolute Gasteiger partial charge is 0.416 e. The Morgan fingerprint density at radius 2 is 1.91 bits per heavy atom. The Labute approximate surface area is 188 Å². The number of halogens is 3. The molecule has 1 fully saturated rings. The molecule has 1 aromatic carbocycles. The minimum Gasteiger partial charge on any atom is -0.351 e. The Morgan fingerprint density at radius 1 is 1.09 bits per heavy atom. The first kappa shape index (κ1) is 22.8. The fourth-order valence-electron chi connectivity index (χ4n) is 4.07. The quantitative estimate of drug-likeness (QED) is 0.639. The van der Waals surface area contributed by atoms with Crippen LogP contribution in [0.25, 0.3) is 0 Å². The molecule has 0 unspecified atom stereocenters. The second-order valence-electron chi connectivity index (χ2n) is 8.16. The molecule has 1 aromatic heterocycles. The highest BCUT2D eigenvalue weighted by Gasteiger charge is 2.32. The van der Waals surface area contributed by atoms with Crippen LogP contribution in [0.1, 0.15) is 51.4 Å². The van der Waals surface area contributed by atoms with Gasteiger partial charge in [-0.3, -0.25) is 19.1 Å². The molecule has 0 bridgehead atoms. The molecule has 0 aliphatic carbocycles. The summed E-state index contributed by atoms with van der Waals surface area (Å²) in [6, 6.07) is 6.29. The van der Waals surface area contributed by atoms with E-state index in [-0.39, 0.29) is 30.4 Å². The van der Waals surface area contributed by atoms with Gasteiger partial charge in [-0.05, 0) is 30.5 Å². The molecule has 0 atom stereocenters. The van der Waals surface area contributed by atoms with E-state index in [2.05, 4.69) is 10.4 Å². The third-order valence-corrected chi connectivity index (χ3v) is 5.79. The predicted octanol–water partition coefficient (Wildman–Crippen LogP) is 2.30. The van der Waals surface area contributed by atoms with Crippen LogP contribution in [-0.4, -0.2) is 63.5 Å². The van der Waals surface area contributed by atoms with Crippen LogP contribution in [0.2, 0.25) is 0 Å². The summed E-state index contributed by atoms with van der Waals surface area (Å²) in [5.41, 5.74) is -0.0549. The zero-order valence-corrected chi connectivity index (χ0v) is 17.9. The number of nitrogens with zero attached hydrogens (tertiary/aromatic N) is 4. The van der Waals surface area contributed by atoms with Gasteiger partial charge in [0.15, 0.2) is 5.69 Å². The second-order valence-corrected chi connectivity index (χ2v) is 8.16. The van der Waals surface area contributed by atoms with Crippen molar-refractivity contribution in [3.63, 3.8) is 0 Å². The normalized spacial score (nSPS) is 16.3. The van der Waals surface area contributed by atoms with Gasteiger partial charge in [0, 0.05) is 45.2 Å². The monoisotopic (exact) mass is 463 g/mol. The van der Waals surface area contributed by atoms with Crippen molar-refractivity contribution >= 4 is 17.7 Å². The van der Waals surface area contributed by atoms with Crippen molar-refractivity contribution < 1.29 is 27.6 Å². The summed E-state index contributed by atoms with van der Waals surface area (Å²) in [7, 11) is 0. The van der Waals surface area contributed by atoms with Gasteiger partial charge in [-0.2, -0.15) is 18.3 Å². The minimum atomic E-state index is -4.45. The van der Waals surface area contributed by atoms with Crippen molar-refractivity contribution in [2.45, 2.75) is 38.5 Å². The van der Waals surface area contributed by atoms with Gasteiger partial charge >= 0.3 is 6.18 Å². The molecule has 0 radical (unpaired) electrons. The van der Waals surface area contributed by atoms with E-state index in [1.807, 2.05) is 0 Å². The maximum atomic E-state index is 13.0. The molecule has 1 N–H and O–H groups in total. The lowest BCUT2D eigenvalue weighted by atomic mass is 10.1. The summed E-state index contributed by atoms with van der Waals surface area (Å²) in [6.45, 7) is 2.35. The number of amides is 3. The number of hydrogen-bond acceptors (Lipinski definition) is 4. The second kappa shape index (κ2) is 9.24. The van der Waals surface area contributed by atoms with E-state index in [1.54, 1.807) is 11.0 Å². The predicted molar refractivity (Wildman–Crippen MR) is 111 cm³/mol. The molecule has 8 nitrogen and oxygen atoms in total. The fourth-order valence-corrected chi connectivity index (χ4v) is 4.07. The number of hydrogen-bond donors (Lipinski definition) is 1. The zero-order valence-electron chi connectivity index (χ0n) is 17.9. The van der Waals surface area contributed by atoms with Crippen LogP contribution >= 0.6 is 0 Å².